The smallest absolute Gasteiger partial charge is 0.0746 e. The molecule has 1 aliphatic heterocycles. The third-order valence-corrected chi connectivity index (χ3v) is 3.75. The first-order valence-corrected chi connectivity index (χ1v) is 7.45. The Bertz CT molecular complexity index is 428. The van der Waals surface area contributed by atoms with Crippen LogP contribution in [-0.4, -0.2) is 36.8 Å². The van der Waals surface area contributed by atoms with Crippen LogP contribution in [0.2, 0.25) is 0 Å². The standard InChI is InChI=1S/C16H27N3O/c1-16(2,3)18-10-13-7-8-17-11-15(13)19-9-5-6-14(12-19)20-4/h7-8,11,14,18H,5-6,9-10,12H2,1-4H3. The number of nitrogens with one attached hydrogen (secondary N) is 1. The lowest BCUT2D eigenvalue weighted by Crippen LogP contribution is -2.40. The summed E-state index contributed by atoms with van der Waals surface area (Å²) in [5, 5.41) is 3.56. The van der Waals surface area contributed by atoms with Gasteiger partial charge in [0.25, 0.3) is 0 Å². The van der Waals surface area contributed by atoms with Crippen molar-refractivity contribution in [1.82, 2.24) is 10.3 Å². The molecule has 4 heteroatoms. The van der Waals surface area contributed by atoms with Gasteiger partial charge in [0.15, 0.2) is 0 Å². The Morgan fingerprint density at radius 1 is 1.45 bits per heavy atom. The maximum atomic E-state index is 5.52. The number of methoxy groups -OCH3 is 1. The molecule has 1 unspecified atom stereocenters. The molecule has 0 aliphatic carbocycles. The van der Waals surface area contributed by atoms with Crippen molar-refractivity contribution in [3.05, 3.63) is 24.0 Å². The van der Waals surface area contributed by atoms with Crippen molar-refractivity contribution in [1.29, 1.82) is 0 Å². The summed E-state index contributed by atoms with van der Waals surface area (Å²) in [5.74, 6) is 0. The average Bonchev–Trinajstić information content (AvgIpc) is 2.45. The first-order chi connectivity index (χ1) is 9.49. The number of anilines is 1. The fourth-order valence-corrected chi connectivity index (χ4v) is 2.56. The van der Waals surface area contributed by atoms with Crippen LogP contribution in [0.3, 0.4) is 0 Å². The highest BCUT2D eigenvalue weighted by Crippen LogP contribution is 2.24. The lowest BCUT2D eigenvalue weighted by molar-refractivity contribution is 0.0893. The van der Waals surface area contributed by atoms with Gasteiger partial charge in [-0.3, -0.25) is 4.98 Å². The van der Waals surface area contributed by atoms with Gasteiger partial charge in [0, 0.05) is 38.5 Å². The number of piperidine rings is 1. The van der Waals surface area contributed by atoms with Gasteiger partial charge in [-0.05, 0) is 45.2 Å². The molecule has 0 saturated carbocycles. The largest absolute Gasteiger partial charge is 0.380 e. The molecule has 0 spiro atoms. The van der Waals surface area contributed by atoms with E-state index in [0.29, 0.717) is 6.10 Å². The number of pyridine rings is 1. The van der Waals surface area contributed by atoms with Crippen LogP contribution < -0.4 is 10.2 Å². The quantitative estimate of drug-likeness (QED) is 0.918. The normalized spacial score (nSPS) is 20.2. The van der Waals surface area contributed by atoms with Gasteiger partial charge in [0.2, 0.25) is 0 Å². The molecule has 1 atom stereocenters. The van der Waals surface area contributed by atoms with E-state index in [1.807, 2.05) is 12.4 Å². The summed E-state index contributed by atoms with van der Waals surface area (Å²) in [6, 6.07) is 2.12. The molecule has 112 valence electrons. The Balaban J connectivity index is 2.10. The molecular weight excluding hydrogens is 250 g/mol. The highest BCUT2D eigenvalue weighted by atomic mass is 16.5. The van der Waals surface area contributed by atoms with E-state index in [-0.39, 0.29) is 5.54 Å². The molecule has 0 radical (unpaired) electrons. The van der Waals surface area contributed by atoms with Gasteiger partial charge < -0.3 is 15.0 Å². The molecule has 1 saturated heterocycles. The van der Waals surface area contributed by atoms with E-state index in [2.05, 4.69) is 42.0 Å². The molecule has 0 amide bonds. The first kappa shape index (κ1) is 15.3. The topological polar surface area (TPSA) is 37.4 Å². The third kappa shape index (κ3) is 4.18. The molecule has 1 aromatic heterocycles. The number of rotatable bonds is 4. The summed E-state index contributed by atoms with van der Waals surface area (Å²) in [6.07, 6.45) is 6.54. The summed E-state index contributed by atoms with van der Waals surface area (Å²) >= 11 is 0. The van der Waals surface area contributed by atoms with Crippen molar-refractivity contribution in [3.63, 3.8) is 0 Å². The molecule has 0 bridgehead atoms. The zero-order valence-corrected chi connectivity index (χ0v) is 13.1. The Kier molecular flexibility index (Phi) is 5.00. The van der Waals surface area contributed by atoms with E-state index in [1.54, 1.807) is 7.11 Å². The summed E-state index contributed by atoms with van der Waals surface area (Å²) in [6.45, 7) is 9.50. The zero-order valence-electron chi connectivity index (χ0n) is 13.1. The molecule has 1 fully saturated rings. The Morgan fingerprint density at radius 2 is 2.25 bits per heavy atom. The van der Waals surface area contributed by atoms with E-state index < -0.39 is 0 Å². The minimum atomic E-state index is 0.123. The van der Waals surface area contributed by atoms with Crippen molar-refractivity contribution in [2.45, 2.75) is 51.8 Å². The maximum absolute atomic E-state index is 5.52. The summed E-state index contributed by atoms with van der Waals surface area (Å²) in [7, 11) is 1.81. The number of ether oxygens (including phenoxy) is 1. The Morgan fingerprint density at radius 3 is 2.95 bits per heavy atom. The lowest BCUT2D eigenvalue weighted by atomic mass is 10.1. The van der Waals surface area contributed by atoms with Crippen LogP contribution in [0.4, 0.5) is 5.69 Å². The Hall–Kier alpha value is -1.13. The van der Waals surface area contributed by atoms with Gasteiger partial charge in [-0.15, -0.1) is 0 Å². The van der Waals surface area contributed by atoms with E-state index in [0.717, 1.165) is 26.1 Å². The molecule has 2 rings (SSSR count). The number of aromatic nitrogens is 1. The highest BCUT2D eigenvalue weighted by molar-refractivity contribution is 5.52. The summed E-state index contributed by atoms with van der Waals surface area (Å²) < 4.78 is 5.52. The van der Waals surface area contributed by atoms with Crippen LogP contribution >= 0.6 is 0 Å². The van der Waals surface area contributed by atoms with Crippen molar-refractivity contribution in [2.24, 2.45) is 0 Å². The monoisotopic (exact) mass is 277 g/mol. The molecule has 20 heavy (non-hydrogen) atoms. The predicted molar refractivity (Wildman–Crippen MR) is 83.1 cm³/mol. The van der Waals surface area contributed by atoms with Gasteiger partial charge in [-0.2, -0.15) is 0 Å². The zero-order chi connectivity index (χ0) is 14.6. The van der Waals surface area contributed by atoms with Crippen LogP contribution in [-0.2, 0) is 11.3 Å². The minimum Gasteiger partial charge on any atom is -0.380 e. The summed E-state index contributed by atoms with van der Waals surface area (Å²) in [4.78, 5) is 6.71. The number of hydrogen-bond donors (Lipinski definition) is 1. The first-order valence-electron chi connectivity index (χ1n) is 7.45. The SMILES string of the molecule is COC1CCCN(c2cnccc2CNC(C)(C)C)C1. The van der Waals surface area contributed by atoms with Crippen LogP contribution in [0.25, 0.3) is 0 Å². The maximum Gasteiger partial charge on any atom is 0.0746 e. The van der Waals surface area contributed by atoms with Crippen molar-refractivity contribution in [3.8, 4) is 0 Å². The van der Waals surface area contributed by atoms with Gasteiger partial charge in [-0.25, -0.2) is 0 Å². The molecule has 2 heterocycles. The van der Waals surface area contributed by atoms with Crippen molar-refractivity contribution >= 4 is 5.69 Å². The molecule has 1 aromatic rings. The van der Waals surface area contributed by atoms with Crippen LogP contribution in [0.5, 0.6) is 0 Å². The highest BCUT2D eigenvalue weighted by Gasteiger charge is 2.22. The lowest BCUT2D eigenvalue weighted by Gasteiger charge is -2.35. The second-order valence-electron chi connectivity index (χ2n) is 6.55. The van der Waals surface area contributed by atoms with E-state index in [1.165, 1.54) is 17.7 Å². The fraction of sp³-hybridized carbons (Fsp3) is 0.688. The third-order valence-electron chi connectivity index (χ3n) is 3.75. The van der Waals surface area contributed by atoms with Crippen molar-refractivity contribution in [2.75, 3.05) is 25.1 Å². The molecule has 1 aliphatic rings. The van der Waals surface area contributed by atoms with Crippen molar-refractivity contribution < 1.29 is 4.74 Å². The van der Waals surface area contributed by atoms with Crippen LogP contribution in [0.15, 0.2) is 18.5 Å². The molecule has 1 N–H and O–H groups in total. The second-order valence-corrected chi connectivity index (χ2v) is 6.55. The predicted octanol–water partition coefficient (Wildman–Crippen LogP) is 2.58. The molecule has 0 aromatic carbocycles. The Labute approximate surface area is 122 Å². The van der Waals surface area contributed by atoms with Crippen LogP contribution in [0, 0.1) is 0 Å². The summed E-state index contributed by atoms with van der Waals surface area (Å²) in [5.41, 5.74) is 2.68. The fourth-order valence-electron chi connectivity index (χ4n) is 2.56. The number of nitrogens with zero attached hydrogens (tertiary/aromatic N) is 2. The van der Waals surface area contributed by atoms with Gasteiger partial charge >= 0.3 is 0 Å². The van der Waals surface area contributed by atoms with Gasteiger partial charge in [-0.1, -0.05) is 0 Å². The van der Waals surface area contributed by atoms with Gasteiger partial charge in [0.1, 0.15) is 0 Å². The van der Waals surface area contributed by atoms with Crippen LogP contribution in [0.1, 0.15) is 39.2 Å². The molecular formula is C16H27N3O. The molecule has 4 nitrogen and oxygen atoms in total. The van der Waals surface area contributed by atoms with E-state index >= 15 is 0 Å². The second kappa shape index (κ2) is 6.55. The van der Waals surface area contributed by atoms with Gasteiger partial charge in [0.05, 0.1) is 18.0 Å². The van der Waals surface area contributed by atoms with E-state index in [4.69, 9.17) is 4.74 Å². The minimum absolute atomic E-state index is 0.123. The van der Waals surface area contributed by atoms with E-state index in [9.17, 15) is 0 Å². The number of hydrogen-bond acceptors (Lipinski definition) is 4. The average molecular weight is 277 g/mol.